The summed E-state index contributed by atoms with van der Waals surface area (Å²) in [5.41, 5.74) is 5.87. The molecule has 1 amide bonds. The van der Waals surface area contributed by atoms with Crippen molar-refractivity contribution in [1.29, 1.82) is 0 Å². The van der Waals surface area contributed by atoms with Crippen molar-refractivity contribution < 1.29 is 10.0 Å². The molecule has 0 heterocycles. The molecule has 0 aromatic heterocycles. The first-order valence-corrected chi connectivity index (χ1v) is 8.89. The van der Waals surface area contributed by atoms with E-state index in [0.29, 0.717) is 13.0 Å². The molecule has 0 radical (unpaired) electrons. The Morgan fingerprint density at radius 3 is 2.05 bits per heavy atom. The van der Waals surface area contributed by atoms with Gasteiger partial charge in [0.1, 0.15) is 0 Å². The van der Waals surface area contributed by atoms with Crippen LogP contribution >= 0.6 is 0 Å². The van der Waals surface area contributed by atoms with Gasteiger partial charge in [0.05, 0.1) is 6.04 Å². The number of nitrogens with two attached hydrogens (primary N) is 1. The molecule has 1 unspecified atom stereocenters. The highest BCUT2D eigenvalue weighted by molar-refractivity contribution is 5.80. The van der Waals surface area contributed by atoms with E-state index < -0.39 is 6.04 Å². The third kappa shape index (κ3) is 12.0. The zero-order chi connectivity index (χ0) is 16.8. The summed E-state index contributed by atoms with van der Waals surface area (Å²) in [5.74, 6) is -0.346. The Labute approximate surface area is 136 Å². The maximum Gasteiger partial charge on any atom is 0.262 e. The van der Waals surface area contributed by atoms with Gasteiger partial charge in [0.15, 0.2) is 0 Å². The lowest BCUT2D eigenvalue weighted by molar-refractivity contribution is -0.167. The van der Waals surface area contributed by atoms with E-state index in [9.17, 15) is 10.0 Å². The highest BCUT2D eigenvalue weighted by atomic mass is 16.5. The number of unbranched alkanes of at least 4 members (excludes halogenated alkanes) is 7. The van der Waals surface area contributed by atoms with Gasteiger partial charge in [-0.2, -0.15) is 0 Å². The molecule has 5 heteroatoms. The Morgan fingerprint density at radius 1 is 0.955 bits per heavy atom. The fraction of sp³-hybridized carbons (Fsp3) is 0.941. The molecule has 0 aliphatic rings. The Kier molecular flexibility index (Phi) is 13.6. The Bertz CT molecular complexity index is 273. The van der Waals surface area contributed by atoms with E-state index in [0.717, 1.165) is 30.9 Å². The van der Waals surface area contributed by atoms with Crippen LogP contribution in [0.3, 0.4) is 0 Å². The number of amides is 1. The van der Waals surface area contributed by atoms with E-state index in [1.54, 1.807) is 0 Å². The minimum Gasteiger partial charge on any atom is -0.320 e. The first kappa shape index (κ1) is 21.4. The van der Waals surface area contributed by atoms with Crippen LogP contribution in [0.5, 0.6) is 0 Å². The molecule has 0 bridgehead atoms. The van der Waals surface area contributed by atoms with Crippen molar-refractivity contribution in [3.05, 3.63) is 0 Å². The van der Waals surface area contributed by atoms with Gasteiger partial charge in [-0.3, -0.25) is 10.0 Å². The summed E-state index contributed by atoms with van der Waals surface area (Å²) in [6.45, 7) is 3.42. The minimum absolute atomic E-state index is 0.346. The lowest BCUT2D eigenvalue weighted by atomic mass is 10.0. The second-order valence-electron chi connectivity index (χ2n) is 6.49. The van der Waals surface area contributed by atoms with Gasteiger partial charge in [-0.25, -0.2) is 5.06 Å². The molecule has 0 aliphatic heterocycles. The first-order chi connectivity index (χ1) is 10.5. The highest BCUT2D eigenvalue weighted by Gasteiger charge is 2.18. The Balaban J connectivity index is 3.60. The maximum atomic E-state index is 11.9. The van der Waals surface area contributed by atoms with Crippen molar-refractivity contribution in [1.82, 2.24) is 9.96 Å². The summed E-state index contributed by atoms with van der Waals surface area (Å²) in [6.07, 6.45) is 11.3. The molecule has 0 saturated carbocycles. The summed E-state index contributed by atoms with van der Waals surface area (Å²) in [5, 5.41) is 10.5. The van der Waals surface area contributed by atoms with Gasteiger partial charge in [-0.1, -0.05) is 58.3 Å². The molecule has 0 aliphatic carbocycles. The van der Waals surface area contributed by atoms with Crippen LogP contribution in [0.2, 0.25) is 0 Å². The zero-order valence-electron chi connectivity index (χ0n) is 14.9. The Hall–Kier alpha value is -0.650. The quantitative estimate of drug-likeness (QED) is 0.294. The molecule has 0 saturated heterocycles. The molecule has 1 atom stereocenters. The number of carbonyl (C=O) groups excluding carboxylic acids is 1. The smallest absolute Gasteiger partial charge is 0.262 e. The fourth-order valence-corrected chi connectivity index (χ4v) is 2.46. The summed E-state index contributed by atoms with van der Waals surface area (Å²) in [4.78, 5) is 13.9. The van der Waals surface area contributed by atoms with Crippen molar-refractivity contribution in [2.24, 2.45) is 5.73 Å². The molecular weight excluding hydrogens is 278 g/mol. The second-order valence-corrected chi connectivity index (χ2v) is 6.49. The van der Waals surface area contributed by atoms with Gasteiger partial charge in [0.25, 0.3) is 5.91 Å². The van der Waals surface area contributed by atoms with Gasteiger partial charge >= 0.3 is 0 Å². The first-order valence-electron chi connectivity index (χ1n) is 8.89. The average Bonchev–Trinajstić information content (AvgIpc) is 2.48. The predicted octanol–water partition coefficient (Wildman–Crippen LogP) is 3.01. The van der Waals surface area contributed by atoms with Crippen LogP contribution in [0.15, 0.2) is 0 Å². The summed E-state index contributed by atoms with van der Waals surface area (Å²) in [7, 11) is 3.94. The normalized spacial score (nSPS) is 12.6. The molecule has 0 fully saturated rings. The lowest BCUT2D eigenvalue weighted by Crippen LogP contribution is -2.42. The summed E-state index contributed by atoms with van der Waals surface area (Å²) >= 11 is 0. The average molecular weight is 316 g/mol. The number of hydrogen-bond acceptors (Lipinski definition) is 4. The van der Waals surface area contributed by atoms with Gasteiger partial charge in [-0.15, -0.1) is 0 Å². The van der Waals surface area contributed by atoms with Crippen molar-refractivity contribution in [3.8, 4) is 0 Å². The van der Waals surface area contributed by atoms with E-state index in [4.69, 9.17) is 5.73 Å². The van der Waals surface area contributed by atoms with Gasteiger partial charge in [0, 0.05) is 6.54 Å². The lowest BCUT2D eigenvalue weighted by Gasteiger charge is -2.20. The molecule has 0 spiro atoms. The molecule has 3 N–H and O–H groups in total. The van der Waals surface area contributed by atoms with E-state index in [1.807, 2.05) is 19.0 Å². The summed E-state index contributed by atoms with van der Waals surface area (Å²) in [6, 6.07) is -0.565. The van der Waals surface area contributed by atoms with Gasteiger partial charge in [0.2, 0.25) is 0 Å². The zero-order valence-corrected chi connectivity index (χ0v) is 14.9. The van der Waals surface area contributed by atoms with Crippen LogP contribution in [-0.2, 0) is 4.79 Å². The van der Waals surface area contributed by atoms with E-state index in [1.165, 1.54) is 38.5 Å². The SMILES string of the molecule is CCCCCCCCCCC(N)C(=O)N(O)CCCN(C)C. The van der Waals surface area contributed by atoms with Crippen molar-refractivity contribution in [2.75, 3.05) is 27.2 Å². The van der Waals surface area contributed by atoms with Crippen LogP contribution < -0.4 is 5.73 Å². The second kappa shape index (κ2) is 14.0. The number of carbonyl (C=O) groups is 1. The molecule has 0 aromatic carbocycles. The van der Waals surface area contributed by atoms with Crippen LogP contribution in [0, 0.1) is 0 Å². The number of hydrogen-bond donors (Lipinski definition) is 2. The van der Waals surface area contributed by atoms with Crippen molar-refractivity contribution >= 4 is 5.91 Å². The predicted molar refractivity (Wildman–Crippen MR) is 91.9 cm³/mol. The molecule has 0 rings (SSSR count). The van der Waals surface area contributed by atoms with Crippen LogP contribution in [0.1, 0.15) is 71.1 Å². The largest absolute Gasteiger partial charge is 0.320 e. The molecule has 22 heavy (non-hydrogen) atoms. The number of nitrogens with zero attached hydrogens (tertiary/aromatic N) is 2. The molecule has 132 valence electrons. The van der Waals surface area contributed by atoms with Crippen molar-refractivity contribution in [2.45, 2.75) is 77.2 Å². The monoisotopic (exact) mass is 315 g/mol. The maximum absolute atomic E-state index is 11.9. The third-order valence-corrected chi connectivity index (χ3v) is 3.92. The van der Waals surface area contributed by atoms with Gasteiger partial charge < -0.3 is 10.6 Å². The van der Waals surface area contributed by atoms with Crippen LogP contribution in [0.25, 0.3) is 0 Å². The Morgan fingerprint density at radius 2 is 1.50 bits per heavy atom. The minimum atomic E-state index is -0.565. The summed E-state index contributed by atoms with van der Waals surface area (Å²) < 4.78 is 0. The van der Waals surface area contributed by atoms with Crippen LogP contribution in [-0.4, -0.2) is 54.3 Å². The standard InChI is InChI=1S/C17H37N3O2/c1-4-5-6-7-8-9-10-11-13-16(18)17(21)20(22)15-12-14-19(2)3/h16,22H,4-15,18H2,1-3H3. The highest BCUT2D eigenvalue weighted by Crippen LogP contribution is 2.10. The van der Waals surface area contributed by atoms with Crippen LogP contribution in [0.4, 0.5) is 0 Å². The molecular formula is C17H37N3O2. The van der Waals surface area contributed by atoms with E-state index >= 15 is 0 Å². The topological polar surface area (TPSA) is 69.8 Å². The van der Waals surface area contributed by atoms with E-state index in [-0.39, 0.29) is 5.91 Å². The number of hydroxylamine groups is 2. The van der Waals surface area contributed by atoms with Gasteiger partial charge in [-0.05, 0) is 33.5 Å². The third-order valence-electron chi connectivity index (χ3n) is 3.92. The number of rotatable bonds is 14. The van der Waals surface area contributed by atoms with E-state index in [2.05, 4.69) is 6.92 Å². The fourth-order valence-electron chi connectivity index (χ4n) is 2.46. The molecule has 0 aromatic rings. The molecule has 5 nitrogen and oxygen atoms in total. The van der Waals surface area contributed by atoms with Crippen molar-refractivity contribution in [3.63, 3.8) is 0 Å².